The van der Waals surface area contributed by atoms with Gasteiger partial charge < -0.3 is 0 Å². The van der Waals surface area contributed by atoms with Crippen molar-refractivity contribution in [3.8, 4) is 0 Å². The van der Waals surface area contributed by atoms with Crippen molar-refractivity contribution in [3.63, 3.8) is 0 Å². The molecule has 1 aliphatic carbocycles. The molecule has 3 heteroatoms. The maximum atomic E-state index is 11.8. The minimum absolute atomic E-state index is 0.00579. The molecule has 0 unspecified atom stereocenters. The number of hydrogen-bond acceptors (Lipinski definition) is 2. The maximum absolute atomic E-state index is 11.8. The fourth-order valence-electron chi connectivity index (χ4n) is 2.16. The fraction of sp³-hybridized carbons (Fsp3) is 0.615. The summed E-state index contributed by atoms with van der Waals surface area (Å²) in [6.45, 7) is 10.1. The molecule has 0 saturated carbocycles. The average Bonchev–Trinajstić information content (AvgIpc) is 2.44. The highest BCUT2D eigenvalue weighted by atomic mass is 16.2. The van der Waals surface area contributed by atoms with E-state index in [0.717, 1.165) is 24.0 Å². The van der Waals surface area contributed by atoms with Crippen LogP contribution in [-0.4, -0.2) is 16.5 Å². The van der Waals surface area contributed by atoms with Crippen molar-refractivity contribution < 1.29 is 4.79 Å². The highest BCUT2D eigenvalue weighted by Crippen LogP contribution is 2.39. The van der Waals surface area contributed by atoms with E-state index in [1.807, 2.05) is 27.7 Å². The molecule has 0 bridgehead atoms. The predicted molar refractivity (Wildman–Crippen MR) is 66.5 cm³/mol. The van der Waals surface area contributed by atoms with Crippen LogP contribution in [0, 0.1) is 0 Å². The van der Waals surface area contributed by atoms with E-state index < -0.39 is 0 Å². The highest BCUT2D eigenvalue weighted by molar-refractivity contribution is 5.99. The smallest absolute Gasteiger partial charge is 0.264 e. The van der Waals surface area contributed by atoms with Gasteiger partial charge in [-0.25, -0.2) is 5.84 Å². The van der Waals surface area contributed by atoms with Crippen LogP contribution in [0.5, 0.6) is 0 Å². The van der Waals surface area contributed by atoms with Crippen molar-refractivity contribution >= 4 is 5.91 Å². The monoisotopic (exact) mass is 222 g/mol. The molecule has 1 heterocycles. The third-order valence-corrected chi connectivity index (χ3v) is 3.22. The van der Waals surface area contributed by atoms with E-state index in [1.54, 1.807) is 0 Å². The second-order valence-corrected chi connectivity index (χ2v) is 4.62. The molecule has 0 aromatic heterocycles. The summed E-state index contributed by atoms with van der Waals surface area (Å²) in [5.74, 6) is 5.77. The lowest BCUT2D eigenvalue weighted by Crippen LogP contribution is -2.48. The Bertz CT molecular complexity index is 364. The number of rotatable bonds is 0. The van der Waals surface area contributed by atoms with Crippen molar-refractivity contribution in [2.45, 2.75) is 53.0 Å². The second kappa shape index (κ2) is 4.42. The number of allylic oxidation sites excluding steroid dienone is 1. The molecule has 0 aromatic rings. The van der Waals surface area contributed by atoms with Gasteiger partial charge in [-0.3, -0.25) is 9.80 Å². The molecule has 2 aliphatic rings. The minimum Gasteiger partial charge on any atom is -0.268 e. The number of nitrogens with two attached hydrogens (primary N) is 1. The van der Waals surface area contributed by atoms with Gasteiger partial charge in [0.2, 0.25) is 0 Å². The average molecular weight is 222 g/mol. The summed E-state index contributed by atoms with van der Waals surface area (Å²) in [4.78, 5) is 11.8. The molecule has 0 spiro atoms. The third kappa shape index (κ3) is 1.80. The molecule has 0 aromatic carbocycles. The van der Waals surface area contributed by atoms with E-state index in [2.05, 4.69) is 13.0 Å². The molecular weight excluding hydrogens is 200 g/mol. The molecule has 0 radical (unpaired) electrons. The van der Waals surface area contributed by atoms with Gasteiger partial charge in [0.05, 0.1) is 5.54 Å². The molecule has 1 amide bonds. The van der Waals surface area contributed by atoms with E-state index in [0.29, 0.717) is 0 Å². The Morgan fingerprint density at radius 2 is 1.88 bits per heavy atom. The van der Waals surface area contributed by atoms with Crippen LogP contribution in [0.15, 0.2) is 22.8 Å². The van der Waals surface area contributed by atoms with Gasteiger partial charge in [-0.15, -0.1) is 0 Å². The first kappa shape index (κ1) is 13.0. The predicted octanol–water partition coefficient (Wildman–Crippen LogP) is 2.54. The summed E-state index contributed by atoms with van der Waals surface area (Å²) in [6, 6.07) is 0. The van der Waals surface area contributed by atoms with Crippen molar-refractivity contribution in [3.05, 3.63) is 22.8 Å². The van der Waals surface area contributed by atoms with Gasteiger partial charge in [0.25, 0.3) is 5.91 Å². The van der Waals surface area contributed by atoms with Gasteiger partial charge in [0.15, 0.2) is 0 Å². The van der Waals surface area contributed by atoms with E-state index in [1.165, 1.54) is 10.6 Å². The summed E-state index contributed by atoms with van der Waals surface area (Å²) in [5.41, 5.74) is 3.01. The lowest BCUT2D eigenvalue weighted by Gasteiger charge is -2.29. The van der Waals surface area contributed by atoms with Gasteiger partial charge >= 0.3 is 0 Å². The van der Waals surface area contributed by atoms with Gasteiger partial charge in [-0.2, -0.15) is 0 Å². The number of amides is 1. The van der Waals surface area contributed by atoms with Crippen molar-refractivity contribution in [2.75, 3.05) is 0 Å². The van der Waals surface area contributed by atoms with Crippen LogP contribution in [0.25, 0.3) is 0 Å². The van der Waals surface area contributed by atoms with Crippen LogP contribution in [0.3, 0.4) is 0 Å². The third-order valence-electron chi connectivity index (χ3n) is 3.22. The number of nitrogens with zero attached hydrogens (tertiary/aromatic N) is 1. The molecule has 0 atom stereocenters. The second-order valence-electron chi connectivity index (χ2n) is 4.62. The van der Waals surface area contributed by atoms with Gasteiger partial charge in [-0.05, 0) is 39.2 Å². The molecule has 16 heavy (non-hydrogen) atoms. The Hall–Kier alpha value is -1.09. The largest absolute Gasteiger partial charge is 0.268 e. The molecule has 0 fully saturated rings. The highest BCUT2D eigenvalue weighted by Gasteiger charge is 2.43. The molecule has 3 nitrogen and oxygen atoms in total. The van der Waals surface area contributed by atoms with Crippen LogP contribution >= 0.6 is 0 Å². The van der Waals surface area contributed by atoms with E-state index in [4.69, 9.17) is 5.84 Å². The standard InChI is InChI=1S/C11H16N2O.C2H6/c1-7-4-5-8-9(6-7)11(2,3)13(12)10(8)14;1-2/h6H,4-5,12H2,1-3H3;1-2H3. The van der Waals surface area contributed by atoms with Gasteiger partial charge in [0.1, 0.15) is 0 Å². The molecule has 1 aliphatic heterocycles. The molecule has 90 valence electrons. The Morgan fingerprint density at radius 3 is 2.44 bits per heavy atom. The topological polar surface area (TPSA) is 46.3 Å². The van der Waals surface area contributed by atoms with Crippen LogP contribution < -0.4 is 5.84 Å². The van der Waals surface area contributed by atoms with Gasteiger partial charge in [-0.1, -0.05) is 25.5 Å². The number of hydrogen-bond donors (Lipinski definition) is 1. The van der Waals surface area contributed by atoms with Crippen LogP contribution in [0.4, 0.5) is 0 Å². The Balaban J connectivity index is 0.000000606. The number of hydrazine groups is 1. The van der Waals surface area contributed by atoms with Crippen molar-refractivity contribution in [1.29, 1.82) is 0 Å². The Kier molecular flexibility index (Phi) is 3.58. The Labute approximate surface area is 98.0 Å². The molecule has 2 N–H and O–H groups in total. The molecule has 0 saturated heterocycles. The van der Waals surface area contributed by atoms with E-state index in [9.17, 15) is 4.79 Å². The zero-order valence-electron chi connectivity index (χ0n) is 10.9. The first-order valence-corrected chi connectivity index (χ1v) is 5.94. The number of carbonyl (C=O) groups is 1. The first-order valence-electron chi connectivity index (χ1n) is 5.94. The lowest BCUT2D eigenvalue weighted by atomic mass is 9.86. The lowest BCUT2D eigenvalue weighted by molar-refractivity contribution is -0.129. The van der Waals surface area contributed by atoms with E-state index in [-0.39, 0.29) is 11.4 Å². The van der Waals surface area contributed by atoms with Gasteiger partial charge in [0, 0.05) is 5.57 Å². The number of carbonyl (C=O) groups excluding carboxylic acids is 1. The zero-order valence-corrected chi connectivity index (χ0v) is 10.9. The van der Waals surface area contributed by atoms with Crippen LogP contribution in [0.1, 0.15) is 47.5 Å². The van der Waals surface area contributed by atoms with Crippen LogP contribution in [-0.2, 0) is 4.79 Å². The normalized spacial score (nSPS) is 22.5. The van der Waals surface area contributed by atoms with Crippen molar-refractivity contribution in [2.24, 2.45) is 5.84 Å². The minimum atomic E-state index is -0.339. The maximum Gasteiger partial charge on any atom is 0.264 e. The summed E-state index contributed by atoms with van der Waals surface area (Å²) in [6.07, 6.45) is 3.94. The molecule has 2 rings (SSSR count). The summed E-state index contributed by atoms with van der Waals surface area (Å²) < 4.78 is 0. The molecular formula is C13H22N2O. The quantitative estimate of drug-likeness (QED) is 0.505. The summed E-state index contributed by atoms with van der Waals surface area (Å²) in [7, 11) is 0. The fourth-order valence-corrected chi connectivity index (χ4v) is 2.16. The van der Waals surface area contributed by atoms with Crippen LogP contribution in [0.2, 0.25) is 0 Å². The SMILES string of the molecule is CC.CC1=CC2=C(CC1)C(=O)N(N)C2(C)C. The summed E-state index contributed by atoms with van der Waals surface area (Å²) >= 11 is 0. The first-order chi connectivity index (χ1) is 7.44. The van der Waals surface area contributed by atoms with E-state index >= 15 is 0 Å². The summed E-state index contributed by atoms with van der Waals surface area (Å²) in [5, 5.41) is 1.35. The zero-order chi connectivity index (χ0) is 12.5. The Morgan fingerprint density at radius 1 is 1.31 bits per heavy atom. The van der Waals surface area contributed by atoms with Crippen molar-refractivity contribution in [1.82, 2.24) is 5.01 Å².